The van der Waals surface area contributed by atoms with E-state index < -0.39 is 11.5 Å². The zero-order valence-corrected chi connectivity index (χ0v) is 12.1. The van der Waals surface area contributed by atoms with Crippen LogP contribution in [0.15, 0.2) is 36.4 Å². The average molecular weight is 307 g/mol. The van der Waals surface area contributed by atoms with Crippen molar-refractivity contribution >= 4 is 23.3 Å². The molecule has 2 rings (SSSR count). The van der Waals surface area contributed by atoms with Crippen molar-refractivity contribution in [1.29, 1.82) is 0 Å². The lowest BCUT2D eigenvalue weighted by Crippen LogP contribution is -2.31. The van der Waals surface area contributed by atoms with Crippen LogP contribution in [0.2, 0.25) is 5.02 Å². The second-order valence-corrected chi connectivity index (χ2v) is 5.24. The summed E-state index contributed by atoms with van der Waals surface area (Å²) in [7, 11) is 0. The molecule has 1 aromatic heterocycles. The zero-order chi connectivity index (χ0) is 15.5. The topological polar surface area (TPSA) is 101 Å². The van der Waals surface area contributed by atoms with E-state index in [1.807, 2.05) is 0 Å². The highest BCUT2D eigenvalue weighted by molar-refractivity contribution is 6.30. The largest absolute Gasteiger partial charge is 0.384 e. The maximum Gasteiger partial charge on any atom is 0.269 e. The number of anilines is 1. The zero-order valence-electron chi connectivity index (χ0n) is 11.4. The maximum absolute atomic E-state index is 10.9. The number of primary amides is 1. The Kier molecular flexibility index (Phi) is 4.40. The van der Waals surface area contributed by atoms with Gasteiger partial charge in [0.15, 0.2) is 5.69 Å². The van der Waals surface area contributed by atoms with Gasteiger partial charge in [0.25, 0.3) is 5.91 Å². The first-order chi connectivity index (χ1) is 9.88. The number of carbonyl (C=O) groups excluding carboxylic acids is 1. The molecule has 0 saturated heterocycles. The van der Waals surface area contributed by atoms with Crippen LogP contribution in [-0.2, 0) is 5.60 Å². The number of hydrogen-bond donors (Lipinski definition) is 3. The van der Waals surface area contributed by atoms with Gasteiger partial charge in [-0.25, -0.2) is 0 Å². The fraction of sp³-hybridized carbons (Fsp3) is 0.214. The molecule has 0 aliphatic carbocycles. The van der Waals surface area contributed by atoms with Crippen molar-refractivity contribution in [2.24, 2.45) is 5.73 Å². The molecule has 110 valence electrons. The lowest BCUT2D eigenvalue weighted by atomic mass is 9.96. The summed E-state index contributed by atoms with van der Waals surface area (Å²) in [6.45, 7) is 1.87. The third-order valence-electron chi connectivity index (χ3n) is 2.98. The summed E-state index contributed by atoms with van der Waals surface area (Å²) in [5.41, 5.74) is 4.72. The molecule has 0 aliphatic heterocycles. The summed E-state index contributed by atoms with van der Waals surface area (Å²) in [6, 6.07) is 10.0. The first kappa shape index (κ1) is 15.2. The number of nitrogens with one attached hydrogen (secondary N) is 1. The summed E-state index contributed by atoms with van der Waals surface area (Å²) < 4.78 is 0. The molecule has 0 aliphatic rings. The summed E-state index contributed by atoms with van der Waals surface area (Å²) in [4.78, 5) is 10.9. The van der Waals surface area contributed by atoms with Crippen molar-refractivity contribution in [2.45, 2.75) is 12.5 Å². The molecule has 0 bridgehead atoms. The lowest BCUT2D eigenvalue weighted by molar-refractivity contribution is 0.0714. The molecule has 0 radical (unpaired) electrons. The molecule has 0 spiro atoms. The van der Waals surface area contributed by atoms with Crippen molar-refractivity contribution in [3.8, 4) is 0 Å². The van der Waals surface area contributed by atoms with Crippen LogP contribution in [0.25, 0.3) is 0 Å². The van der Waals surface area contributed by atoms with Gasteiger partial charge in [-0.15, -0.1) is 10.2 Å². The van der Waals surface area contributed by atoms with E-state index in [-0.39, 0.29) is 12.2 Å². The quantitative estimate of drug-likeness (QED) is 0.778. The van der Waals surface area contributed by atoms with Gasteiger partial charge in [-0.3, -0.25) is 4.79 Å². The summed E-state index contributed by atoms with van der Waals surface area (Å²) in [5, 5.41) is 21.5. The highest BCUT2D eigenvalue weighted by Gasteiger charge is 2.23. The van der Waals surface area contributed by atoms with Crippen LogP contribution in [0.1, 0.15) is 23.0 Å². The Morgan fingerprint density at radius 2 is 2.14 bits per heavy atom. The normalized spacial score (nSPS) is 13.5. The van der Waals surface area contributed by atoms with Crippen molar-refractivity contribution in [3.05, 3.63) is 52.7 Å². The van der Waals surface area contributed by atoms with Gasteiger partial charge in [0, 0.05) is 11.6 Å². The second kappa shape index (κ2) is 6.07. The Balaban J connectivity index is 2.06. The minimum atomic E-state index is -1.13. The van der Waals surface area contributed by atoms with Gasteiger partial charge in [0.1, 0.15) is 11.4 Å². The van der Waals surface area contributed by atoms with E-state index >= 15 is 0 Å². The number of carbonyl (C=O) groups is 1. The average Bonchev–Trinajstić information content (AvgIpc) is 2.45. The minimum Gasteiger partial charge on any atom is -0.384 e. The van der Waals surface area contributed by atoms with E-state index in [9.17, 15) is 9.90 Å². The summed E-state index contributed by atoms with van der Waals surface area (Å²) in [6.07, 6.45) is 0. The predicted molar refractivity (Wildman–Crippen MR) is 80.1 cm³/mol. The Labute approximate surface area is 127 Å². The molecule has 7 heteroatoms. The number of nitrogens with zero attached hydrogens (tertiary/aromatic N) is 2. The van der Waals surface area contributed by atoms with Crippen LogP contribution in [0.3, 0.4) is 0 Å². The molecular formula is C14H15ClN4O2. The molecule has 0 fully saturated rings. The van der Waals surface area contributed by atoms with Crippen LogP contribution in [0.4, 0.5) is 5.82 Å². The Morgan fingerprint density at radius 3 is 2.71 bits per heavy atom. The first-order valence-electron chi connectivity index (χ1n) is 6.24. The van der Waals surface area contributed by atoms with Gasteiger partial charge in [-0.2, -0.15) is 0 Å². The number of amides is 1. The van der Waals surface area contributed by atoms with Gasteiger partial charge >= 0.3 is 0 Å². The lowest BCUT2D eigenvalue weighted by Gasteiger charge is -2.24. The number of aliphatic hydroxyl groups is 1. The number of rotatable bonds is 5. The van der Waals surface area contributed by atoms with E-state index in [1.165, 1.54) is 6.07 Å². The molecule has 21 heavy (non-hydrogen) atoms. The van der Waals surface area contributed by atoms with E-state index in [1.54, 1.807) is 37.3 Å². The van der Waals surface area contributed by atoms with Gasteiger partial charge in [-0.1, -0.05) is 23.7 Å². The van der Waals surface area contributed by atoms with Crippen molar-refractivity contribution < 1.29 is 9.90 Å². The SMILES string of the molecule is CC(O)(CNc1ccc(C(N)=O)nn1)c1cccc(Cl)c1. The fourth-order valence-corrected chi connectivity index (χ4v) is 1.94. The summed E-state index contributed by atoms with van der Waals surface area (Å²) >= 11 is 5.92. The highest BCUT2D eigenvalue weighted by atomic mass is 35.5. The number of hydrogen-bond acceptors (Lipinski definition) is 5. The van der Waals surface area contributed by atoms with E-state index in [2.05, 4.69) is 15.5 Å². The van der Waals surface area contributed by atoms with Crippen LogP contribution >= 0.6 is 11.6 Å². The van der Waals surface area contributed by atoms with E-state index in [0.717, 1.165) is 0 Å². The number of halogens is 1. The van der Waals surface area contributed by atoms with Gasteiger partial charge < -0.3 is 16.2 Å². The van der Waals surface area contributed by atoms with E-state index in [4.69, 9.17) is 17.3 Å². The maximum atomic E-state index is 10.9. The Morgan fingerprint density at radius 1 is 1.38 bits per heavy atom. The van der Waals surface area contributed by atoms with Gasteiger partial charge in [0.2, 0.25) is 0 Å². The third-order valence-corrected chi connectivity index (χ3v) is 3.21. The Bertz CT molecular complexity index is 644. The number of benzene rings is 1. The third kappa shape index (κ3) is 3.90. The molecule has 1 heterocycles. The number of aromatic nitrogens is 2. The number of nitrogens with two attached hydrogens (primary N) is 1. The molecule has 1 unspecified atom stereocenters. The molecule has 0 saturated carbocycles. The van der Waals surface area contributed by atoms with E-state index in [0.29, 0.717) is 16.4 Å². The predicted octanol–water partition coefficient (Wildman–Crippen LogP) is 1.55. The van der Waals surface area contributed by atoms with Crippen molar-refractivity contribution in [1.82, 2.24) is 10.2 Å². The second-order valence-electron chi connectivity index (χ2n) is 4.81. The highest BCUT2D eigenvalue weighted by Crippen LogP contribution is 2.23. The Hall–Kier alpha value is -2.18. The van der Waals surface area contributed by atoms with Gasteiger partial charge in [-0.05, 0) is 36.8 Å². The first-order valence-corrected chi connectivity index (χ1v) is 6.62. The van der Waals surface area contributed by atoms with Gasteiger partial charge in [0.05, 0.1) is 0 Å². The van der Waals surface area contributed by atoms with Crippen LogP contribution in [0, 0.1) is 0 Å². The molecule has 4 N–H and O–H groups in total. The minimum absolute atomic E-state index is 0.0853. The molecular weight excluding hydrogens is 292 g/mol. The molecule has 2 aromatic rings. The van der Waals surface area contributed by atoms with Crippen LogP contribution in [-0.4, -0.2) is 27.8 Å². The van der Waals surface area contributed by atoms with Crippen LogP contribution < -0.4 is 11.1 Å². The van der Waals surface area contributed by atoms with Crippen molar-refractivity contribution in [3.63, 3.8) is 0 Å². The molecule has 1 amide bonds. The molecule has 6 nitrogen and oxygen atoms in total. The van der Waals surface area contributed by atoms with Crippen LogP contribution in [0.5, 0.6) is 0 Å². The fourth-order valence-electron chi connectivity index (χ4n) is 1.75. The standard InChI is InChI=1S/C14H15ClN4O2/c1-14(21,9-3-2-4-10(15)7-9)8-17-12-6-5-11(13(16)20)18-19-12/h2-7,21H,8H2,1H3,(H2,16,20)(H,17,19). The smallest absolute Gasteiger partial charge is 0.269 e. The monoisotopic (exact) mass is 306 g/mol. The summed E-state index contributed by atoms with van der Waals surface area (Å²) in [5.74, 6) is -0.206. The van der Waals surface area contributed by atoms with Crippen molar-refractivity contribution in [2.75, 3.05) is 11.9 Å². The molecule has 1 atom stereocenters. The molecule has 1 aromatic carbocycles.